The minimum Gasteiger partial charge on any atom is -0.490 e. The summed E-state index contributed by atoms with van der Waals surface area (Å²) >= 11 is 0. The van der Waals surface area contributed by atoms with Crippen molar-refractivity contribution < 1.29 is 4.74 Å². The highest BCUT2D eigenvalue weighted by Crippen LogP contribution is 2.20. The Hall–Kier alpha value is -2.42. The molecule has 4 rings (SSSR count). The predicted molar refractivity (Wildman–Crippen MR) is 112 cm³/mol. The fourth-order valence-electron chi connectivity index (χ4n) is 3.97. The monoisotopic (exact) mass is 399 g/mol. The third-order valence-electron chi connectivity index (χ3n) is 5.72. The van der Waals surface area contributed by atoms with Crippen molar-refractivity contribution in [2.45, 2.75) is 18.9 Å². The number of hydrogen-bond acceptors (Lipinski definition) is 6. The molecule has 0 saturated carbocycles. The molecule has 2 N–H and O–H groups in total. The van der Waals surface area contributed by atoms with Crippen molar-refractivity contribution in [2.75, 3.05) is 52.4 Å². The van der Waals surface area contributed by atoms with Crippen LogP contribution in [0.5, 0.6) is 5.75 Å². The van der Waals surface area contributed by atoms with Gasteiger partial charge < -0.3 is 15.0 Å². The second-order valence-corrected chi connectivity index (χ2v) is 7.72. The number of hydrogen-bond donors (Lipinski definition) is 2. The second kappa shape index (κ2) is 9.39. The van der Waals surface area contributed by atoms with Crippen LogP contribution in [-0.4, -0.2) is 77.8 Å². The average Bonchev–Trinajstić information content (AvgIpc) is 2.75. The van der Waals surface area contributed by atoms with Gasteiger partial charge in [-0.15, -0.1) is 0 Å². The van der Waals surface area contributed by atoms with E-state index in [1.165, 1.54) is 16.8 Å². The maximum atomic E-state index is 11.9. The van der Waals surface area contributed by atoms with E-state index < -0.39 is 11.2 Å². The number of likely N-dealkylation sites (tertiary alicyclic amines) is 1. The number of H-pyrrole nitrogens is 1. The largest absolute Gasteiger partial charge is 0.490 e. The molecule has 0 aliphatic carbocycles. The third-order valence-corrected chi connectivity index (χ3v) is 5.72. The summed E-state index contributed by atoms with van der Waals surface area (Å²) in [6, 6.07) is 8.75. The highest BCUT2D eigenvalue weighted by atomic mass is 16.5. The Morgan fingerprint density at radius 3 is 2.21 bits per heavy atom. The number of nitrogens with zero attached hydrogens (tertiary/aromatic N) is 3. The van der Waals surface area contributed by atoms with Crippen LogP contribution >= 0.6 is 0 Å². The van der Waals surface area contributed by atoms with Crippen LogP contribution in [0.1, 0.15) is 12.8 Å². The van der Waals surface area contributed by atoms with Crippen LogP contribution in [0.25, 0.3) is 5.69 Å². The normalized spacial score (nSPS) is 19.3. The number of aromatic nitrogens is 2. The van der Waals surface area contributed by atoms with Crippen LogP contribution in [0, 0.1) is 0 Å². The topological polar surface area (TPSA) is 82.6 Å². The highest BCUT2D eigenvalue weighted by Gasteiger charge is 2.21. The minimum atomic E-state index is -0.445. The van der Waals surface area contributed by atoms with Crippen LogP contribution < -0.4 is 21.3 Å². The van der Waals surface area contributed by atoms with E-state index in [0.717, 1.165) is 70.9 Å². The number of benzene rings is 1. The standard InChI is InChI=1S/C21H29N5O3/c27-20-7-12-26(21(28)23-20)17-1-3-18(4-2-17)29-19-5-10-24(11-6-19)15-16-25-13-8-22-9-14-25/h1-4,7,12,19,22H,5-6,8-11,13-16H2,(H,23,27,28). The SMILES string of the molecule is O=c1ccn(-c2ccc(OC3CCN(CCN4CCNCC4)CC3)cc2)c(=O)[nH]1. The van der Waals surface area contributed by atoms with E-state index in [9.17, 15) is 9.59 Å². The molecule has 2 aliphatic rings. The highest BCUT2D eigenvalue weighted by molar-refractivity contribution is 5.37. The summed E-state index contributed by atoms with van der Waals surface area (Å²) in [6.45, 7) is 8.94. The van der Waals surface area contributed by atoms with Gasteiger partial charge >= 0.3 is 5.69 Å². The fraction of sp³-hybridized carbons (Fsp3) is 0.524. The smallest absolute Gasteiger partial charge is 0.332 e. The van der Waals surface area contributed by atoms with Crippen molar-refractivity contribution in [2.24, 2.45) is 0 Å². The maximum absolute atomic E-state index is 11.9. The van der Waals surface area contributed by atoms with Gasteiger partial charge in [-0.05, 0) is 37.1 Å². The number of nitrogens with one attached hydrogen (secondary N) is 2. The summed E-state index contributed by atoms with van der Waals surface area (Å²) in [6.07, 6.45) is 3.77. The van der Waals surface area contributed by atoms with Crippen LogP contribution in [0.15, 0.2) is 46.1 Å². The van der Waals surface area contributed by atoms with Gasteiger partial charge in [0.25, 0.3) is 5.56 Å². The summed E-state index contributed by atoms with van der Waals surface area (Å²) in [5, 5.41) is 3.40. The molecule has 0 unspecified atom stereocenters. The van der Waals surface area contributed by atoms with Gasteiger partial charge in [0.2, 0.25) is 0 Å². The first-order chi connectivity index (χ1) is 14.2. The van der Waals surface area contributed by atoms with Crippen molar-refractivity contribution in [1.82, 2.24) is 24.7 Å². The Morgan fingerprint density at radius 1 is 0.897 bits per heavy atom. The van der Waals surface area contributed by atoms with Crippen molar-refractivity contribution in [3.05, 3.63) is 57.4 Å². The lowest BCUT2D eigenvalue weighted by molar-refractivity contribution is 0.0914. The molecule has 2 aliphatic heterocycles. The average molecular weight is 399 g/mol. The number of piperazine rings is 1. The van der Waals surface area contributed by atoms with Gasteiger partial charge in [-0.2, -0.15) is 0 Å². The van der Waals surface area contributed by atoms with E-state index >= 15 is 0 Å². The van der Waals surface area contributed by atoms with E-state index in [1.807, 2.05) is 24.3 Å². The van der Waals surface area contributed by atoms with Crippen LogP contribution in [-0.2, 0) is 0 Å². The minimum absolute atomic E-state index is 0.229. The molecule has 0 spiro atoms. The first-order valence-corrected chi connectivity index (χ1v) is 10.4. The zero-order valence-electron chi connectivity index (χ0n) is 16.7. The lowest BCUT2D eigenvalue weighted by Gasteiger charge is -2.34. The molecular formula is C21H29N5O3. The summed E-state index contributed by atoms with van der Waals surface area (Å²) in [5.74, 6) is 0.811. The van der Waals surface area contributed by atoms with E-state index in [2.05, 4.69) is 20.1 Å². The predicted octanol–water partition coefficient (Wildman–Crippen LogP) is 0.274. The Labute approximate surface area is 170 Å². The molecule has 0 atom stereocenters. The first kappa shape index (κ1) is 19.9. The van der Waals surface area contributed by atoms with Gasteiger partial charge in [0.1, 0.15) is 11.9 Å². The maximum Gasteiger partial charge on any atom is 0.332 e. The van der Waals surface area contributed by atoms with E-state index in [0.29, 0.717) is 5.69 Å². The second-order valence-electron chi connectivity index (χ2n) is 7.72. The molecule has 8 heteroatoms. The number of aromatic amines is 1. The molecule has 156 valence electrons. The molecule has 3 heterocycles. The van der Waals surface area contributed by atoms with Crippen molar-refractivity contribution in [1.29, 1.82) is 0 Å². The fourth-order valence-corrected chi connectivity index (χ4v) is 3.97. The van der Waals surface area contributed by atoms with Crippen LogP contribution in [0.4, 0.5) is 0 Å². The van der Waals surface area contributed by atoms with Gasteiger partial charge in [0.15, 0.2) is 0 Å². The molecule has 0 radical (unpaired) electrons. The Balaban J connectivity index is 1.25. The lowest BCUT2D eigenvalue weighted by atomic mass is 10.1. The van der Waals surface area contributed by atoms with Gasteiger partial charge in [-0.3, -0.25) is 19.2 Å². The van der Waals surface area contributed by atoms with Gasteiger partial charge in [0.05, 0.1) is 5.69 Å². The zero-order valence-corrected chi connectivity index (χ0v) is 16.7. The molecular weight excluding hydrogens is 370 g/mol. The third kappa shape index (κ3) is 5.35. The molecule has 29 heavy (non-hydrogen) atoms. The number of ether oxygens (including phenoxy) is 1. The summed E-state index contributed by atoms with van der Waals surface area (Å²) < 4.78 is 7.55. The van der Waals surface area contributed by atoms with Crippen molar-refractivity contribution in [3.8, 4) is 11.4 Å². The number of piperidine rings is 1. The lowest BCUT2D eigenvalue weighted by Crippen LogP contribution is -2.47. The van der Waals surface area contributed by atoms with Crippen LogP contribution in [0.2, 0.25) is 0 Å². The Morgan fingerprint density at radius 2 is 1.55 bits per heavy atom. The molecule has 2 saturated heterocycles. The van der Waals surface area contributed by atoms with Crippen LogP contribution in [0.3, 0.4) is 0 Å². The molecule has 1 aromatic heterocycles. The van der Waals surface area contributed by atoms with E-state index in [1.54, 1.807) is 0 Å². The summed E-state index contributed by atoms with van der Waals surface area (Å²) in [4.78, 5) is 30.4. The summed E-state index contributed by atoms with van der Waals surface area (Å²) in [7, 11) is 0. The Bertz CT molecular complexity index is 894. The molecule has 8 nitrogen and oxygen atoms in total. The first-order valence-electron chi connectivity index (χ1n) is 10.4. The molecule has 0 bridgehead atoms. The quantitative estimate of drug-likeness (QED) is 0.726. The van der Waals surface area contributed by atoms with Crippen molar-refractivity contribution >= 4 is 0 Å². The van der Waals surface area contributed by atoms with Gasteiger partial charge in [-0.1, -0.05) is 0 Å². The van der Waals surface area contributed by atoms with E-state index in [-0.39, 0.29) is 6.10 Å². The van der Waals surface area contributed by atoms with Gasteiger partial charge in [-0.25, -0.2) is 4.79 Å². The molecule has 2 fully saturated rings. The zero-order chi connectivity index (χ0) is 20.1. The molecule has 1 aromatic carbocycles. The molecule has 0 amide bonds. The Kier molecular flexibility index (Phi) is 6.43. The summed E-state index contributed by atoms with van der Waals surface area (Å²) in [5.41, 5.74) is -0.147. The van der Waals surface area contributed by atoms with Gasteiger partial charge in [0, 0.05) is 64.6 Å². The molecule has 2 aromatic rings. The van der Waals surface area contributed by atoms with Crippen molar-refractivity contribution in [3.63, 3.8) is 0 Å². The van der Waals surface area contributed by atoms with E-state index in [4.69, 9.17) is 4.74 Å². The number of rotatable bonds is 6.